The predicted molar refractivity (Wildman–Crippen MR) is 99.0 cm³/mol. The van der Waals surface area contributed by atoms with Crippen LogP contribution in [0.15, 0.2) is 24.4 Å². The number of hydrogen-bond donors (Lipinski definition) is 1. The number of fused-ring (bicyclic) bond motifs is 1. The van der Waals surface area contributed by atoms with E-state index in [0.29, 0.717) is 6.61 Å². The fraction of sp³-hybridized carbons (Fsp3) is 0.500. The Morgan fingerprint density at radius 3 is 3.08 bits per heavy atom. The summed E-state index contributed by atoms with van der Waals surface area (Å²) < 4.78 is 13.6. The van der Waals surface area contributed by atoms with Crippen molar-refractivity contribution in [3.05, 3.63) is 30.2 Å². The summed E-state index contributed by atoms with van der Waals surface area (Å²) in [5.74, 6) is 5.01. The number of nitrogens with zero attached hydrogens (tertiary/aromatic N) is 2. The molecule has 1 aliphatic rings. The zero-order valence-corrected chi connectivity index (χ0v) is 15.2. The Morgan fingerprint density at radius 2 is 2.29 bits per heavy atom. The van der Waals surface area contributed by atoms with Crippen molar-refractivity contribution >= 4 is 11.8 Å². The molecule has 0 atom stereocenters. The van der Waals surface area contributed by atoms with Gasteiger partial charge in [0.05, 0.1) is 26.0 Å². The molecule has 0 unspecified atom stereocenters. The van der Waals surface area contributed by atoms with Gasteiger partial charge in [0, 0.05) is 30.9 Å². The average molecular weight is 347 g/mol. The lowest BCUT2D eigenvalue weighted by Gasteiger charge is -2.13. The standard InChI is InChI=1S/C18H25N3O2S/c1-3-24-10-4-9-23-17-11-14(22-2)5-6-15(17)16-13-21-8-7-19-12-18(21)20-16/h5-6,11,13,19H,3-4,7-10,12H2,1-2H3. The minimum absolute atomic E-state index is 0.711. The first-order valence-electron chi connectivity index (χ1n) is 8.47. The first-order valence-corrected chi connectivity index (χ1v) is 9.63. The molecule has 0 fully saturated rings. The number of rotatable bonds is 8. The molecule has 0 saturated carbocycles. The number of methoxy groups -OCH3 is 1. The molecule has 0 radical (unpaired) electrons. The van der Waals surface area contributed by atoms with Crippen LogP contribution in [0.2, 0.25) is 0 Å². The zero-order valence-electron chi connectivity index (χ0n) is 14.4. The molecule has 24 heavy (non-hydrogen) atoms. The van der Waals surface area contributed by atoms with Crippen molar-refractivity contribution in [1.82, 2.24) is 14.9 Å². The molecule has 3 rings (SSSR count). The molecule has 0 spiro atoms. The van der Waals surface area contributed by atoms with Crippen LogP contribution in [0.25, 0.3) is 11.3 Å². The van der Waals surface area contributed by atoms with Crippen molar-refractivity contribution in [3.63, 3.8) is 0 Å². The Kier molecular flexibility index (Phi) is 6.04. The van der Waals surface area contributed by atoms with E-state index in [1.54, 1.807) is 7.11 Å². The van der Waals surface area contributed by atoms with Crippen LogP contribution >= 0.6 is 11.8 Å². The second-order valence-electron chi connectivity index (χ2n) is 5.67. The van der Waals surface area contributed by atoms with Crippen molar-refractivity contribution in [2.24, 2.45) is 0 Å². The molecule has 0 amide bonds. The molecule has 2 heterocycles. The van der Waals surface area contributed by atoms with Gasteiger partial charge in [0.25, 0.3) is 0 Å². The minimum atomic E-state index is 0.711. The van der Waals surface area contributed by atoms with Crippen LogP contribution < -0.4 is 14.8 Å². The number of aromatic nitrogens is 2. The second kappa shape index (κ2) is 8.44. The normalized spacial score (nSPS) is 13.6. The number of hydrogen-bond acceptors (Lipinski definition) is 5. The van der Waals surface area contributed by atoms with E-state index in [2.05, 4.69) is 23.0 Å². The summed E-state index contributed by atoms with van der Waals surface area (Å²) in [6.45, 7) is 5.66. The van der Waals surface area contributed by atoms with Crippen molar-refractivity contribution in [2.45, 2.75) is 26.4 Å². The summed E-state index contributed by atoms with van der Waals surface area (Å²) >= 11 is 1.94. The Labute approximate surface area is 147 Å². The molecule has 0 saturated heterocycles. The molecular formula is C18H25N3O2S. The van der Waals surface area contributed by atoms with Gasteiger partial charge >= 0.3 is 0 Å². The highest BCUT2D eigenvalue weighted by Crippen LogP contribution is 2.33. The third-order valence-electron chi connectivity index (χ3n) is 4.03. The molecule has 0 aliphatic carbocycles. The van der Waals surface area contributed by atoms with Gasteiger partial charge in [0.1, 0.15) is 17.3 Å². The predicted octanol–water partition coefficient (Wildman–Crippen LogP) is 3.18. The first kappa shape index (κ1) is 17.2. The van der Waals surface area contributed by atoms with E-state index in [9.17, 15) is 0 Å². The van der Waals surface area contributed by atoms with Gasteiger partial charge in [-0.1, -0.05) is 6.92 Å². The zero-order chi connectivity index (χ0) is 16.8. The number of benzene rings is 1. The summed E-state index contributed by atoms with van der Waals surface area (Å²) in [5.41, 5.74) is 2.00. The van der Waals surface area contributed by atoms with Gasteiger partial charge in [-0.25, -0.2) is 4.98 Å². The van der Waals surface area contributed by atoms with Gasteiger partial charge in [-0.3, -0.25) is 0 Å². The van der Waals surface area contributed by atoms with Crippen molar-refractivity contribution < 1.29 is 9.47 Å². The molecule has 6 heteroatoms. The van der Waals surface area contributed by atoms with Crippen LogP contribution in [0, 0.1) is 0 Å². The topological polar surface area (TPSA) is 48.3 Å². The molecule has 1 aromatic heterocycles. The SMILES string of the molecule is CCSCCCOc1cc(OC)ccc1-c1cn2c(n1)CNCC2. The molecule has 2 aromatic rings. The van der Waals surface area contributed by atoms with Crippen LogP contribution in [0.5, 0.6) is 11.5 Å². The summed E-state index contributed by atoms with van der Waals surface area (Å²) in [7, 11) is 1.68. The van der Waals surface area contributed by atoms with Gasteiger partial charge in [0.2, 0.25) is 0 Å². The smallest absolute Gasteiger partial charge is 0.132 e. The number of imidazole rings is 1. The summed E-state index contributed by atoms with van der Waals surface area (Å²) in [5, 5.41) is 3.36. The Hall–Kier alpha value is -1.66. The molecule has 5 nitrogen and oxygen atoms in total. The van der Waals surface area contributed by atoms with E-state index in [1.165, 1.54) is 0 Å². The fourth-order valence-electron chi connectivity index (χ4n) is 2.77. The van der Waals surface area contributed by atoms with Crippen LogP contribution in [-0.2, 0) is 13.1 Å². The average Bonchev–Trinajstić information content (AvgIpc) is 3.05. The van der Waals surface area contributed by atoms with Crippen LogP contribution in [0.1, 0.15) is 19.2 Å². The number of nitrogens with one attached hydrogen (secondary N) is 1. The van der Waals surface area contributed by atoms with Gasteiger partial charge in [-0.2, -0.15) is 11.8 Å². The number of thioether (sulfide) groups is 1. The summed E-state index contributed by atoms with van der Waals surface area (Å²) in [4.78, 5) is 4.77. The highest BCUT2D eigenvalue weighted by atomic mass is 32.2. The first-order chi connectivity index (χ1) is 11.8. The highest BCUT2D eigenvalue weighted by molar-refractivity contribution is 7.99. The van der Waals surface area contributed by atoms with Gasteiger partial charge in [0.15, 0.2) is 0 Å². The lowest BCUT2D eigenvalue weighted by Crippen LogP contribution is -2.27. The Balaban J connectivity index is 1.79. The lowest BCUT2D eigenvalue weighted by atomic mass is 10.1. The highest BCUT2D eigenvalue weighted by Gasteiger charge is 2.16. The van der Waals surface area contributed by atoms with Crippen molar-refractivity contribution in [2.75, 3.05) is 31.8 Å². The monoisotopic (exact) mass is 347 g/mol. The van der Waals surface area contributed by atoms with Crippen LogP contribution in [0.4, 0.5) is 0 Å². The third kappa shape index (κ3) is 4.05. The third-order valence-corrected chi connectivity index (χ3v) is 5.02. The molecule has 0 bridgehead atoms. The molecule has 1 aromatic carbocycles. The maximum Gasteiger partial charge on any atom is 0.132 e. The maximum absolute atomic E-state index is 6.05. The lowest BCUT2D eigenvalue weighted by molar-refractivity contribution is 0.317. The van der Waals surface area contributed by atoms with E-state index in [0.717, 1.165) is 66.1 Å². The quantitative estimate of drug-likeness (QED) is 0.743. The minimum Gasteiger partial charge on any atom is -0.497 e. The summed E-state index contributed by atoms with van der Waals surface area (Å²) in [6.07, 6.45) is 3.16. The van der Waals surface area contributed by atoms with Gasteiger partial charge in [-0.15, -0.1) is 0 Å². The van der Waals surface area contributed by atoms with Crippen molar-refractivity contribution in [3.8, 4) is 22.8 Å². The van der Waals surface area contributed by atoms with E-state index < -0.39 is 0 Å². The summed E-state index contributed by atoms with van der Waals surface area (Å²) in [6, 6.07) is 5.96. The number of ether oxygens (including phenoxy) is 2. The van der Waals surface area contributed by atoms with Gasteiger partial charge < -0.3 is 19.4 Å². The van der Waals surface area contributed by atoms with E-state index in [1.807, 2.05) is 30.0 Å². The second-order valence-corrected chi connectivity index (χ2v) is 7.07. The van der Waals surface area contributed by atoms with Crippen LogP contribution in [0.3, 0.4) is 0 Å². The Bertz CT molecular complexity index is 649. The molecule has 130 valence electrons. The fourth-order valence-corrected chi connectivity index (χ4v) is 3.38. The molecule has 1 aliphatic heterocycles. The largest absolute Gasteiger partial charge is 0.497 e. The Morgan fingerprint density at radius 1 is 1.38 bits per heavy atom. The maximum atomic E-state index is 6.05. The van der Waals surface area contributed by atoms with Crippen LogP contribution in [-0.4, -0.2) is 41.3 Å². The van der Waals surface area contributed by atoms with E-state index in [-0.39, 0.29) is 0 Å². The van der Waals surface area contributed by atoms with Gasteiger partial charge in [-0.05, 0) is 30.1 Å². The molecule has 1 N–H and O–H groups in total. The van der Waals surface area contributed by atoms with Crippen molar-refractivity contribution in [1.29, 1.82) is 0 Å². The van der Waals surface area contributed by atoms with E-state index in [4.69, 9.17) is 14.5 Å². The molecular weight excluding hydrogens is 322 g/mol. The van der Waals surface area contributed by atoms with E-state index >= 15 is 0 Å².